The van der Waals surface area contributed by atoms with Crippen molar-refractivity contribution in [3.05, 3.63) is 12.2 Å². The number of nitrogens with one attached hydrogen (secondary N) is 1. The van der Waals surface area contributed by atoms with E-state index in [2.05, 4.69) is 11.4 Å². The van der Waals surface area contributed by atoms with Crippen molar-refractivity contribution < 1.29 is 9.53 Å². The van der Waals surface area contributed by atoms with Gasteiger partial charge in [-0.05, 0) is 26.2 Å². The van der Waals surface area contributed by atoms with Crippen LogP contribution < -0.4 is 5.32 Å². The smallest absolute Gasteiger partial charge is 0.407 e. The number of hydrogen-bond acceptors (Lipinski definition) is 2. The van der Waals surface area contributed by atoms with Crippen molar-refractivity contribution >= 4 is 6.09 Å². The lowest BCUT2D eigenvalue weighted by atomic mass is 10.0. The standard InChI is InChI=1S/C9H15NO2/c1-2-12-9(11)10-8-6-4-3-5-7-8/h4,6,8H,2-3,5,7H2,1H3,(H,10,11). The number of ether oxygens (including phenoxy) is 1. The summed E-state index contributed by atoms with van der Waals surface area (Å²) < 4.78 is 4.76. The second kappa shape index (κ2) is 4.80. The van der Waals surface area contributed by atoms with Crippen LogP contribution >= 0.6 is 0 Å². The van der Waals surface area contributed by atoms with E-state index in [0.29, 0.717) is 6.61 Å². The molecule has 3 nitrogen and oxygen atoms in total. The summed E-state index contributed by atoms with van der Waals surface area (Å²) in [4.78, 5) is 10.9. The maximum atomic E-state index is 10.9. The predicted molar refractivity (Wildman–Crippen MR) is 46.9 cm³/mol. The summed E-state index contributed by atoms with van der Waals surface area (Å²) in [6.07, 6.45) is 7.11. The van der Waals surface area contributed by atoms with E-state index in [0.717, 1.165) is 19.3 Å². The average Bonchev–Trinajstić information content (AvgIpc) is 2.06. The molecule has 12 heavy (non-hydrogen) atoms. The fourth-order valence-electron chi connectivity index (χ4n) is 1.26. The van der Waals surface area contributed by atoms with Crippen molar-refractivity contribution in [3.63, 3.8) is 0 Å². The van der Waals surface area contributed by atoms with Crippen molar-refractivity contribution in [2.24, 2.45) is 0 Å². The molecule has 1 N–H and O–H groups in total. The average molecular weight is 169 g/mol. The van der Waals surface area contributed by atoms with E-state index in [1.54, 1.807) is 6.92 Å². The Bertz CT molecular complexity index is 177. The molecule has 0 bridgehead atoms. The molecular weight excluding hydrogens is 154 g/mol. The van der Waals surface area contributed by atoms with E-state index >= 15 is 0 Å². The molecule has 0 aromatic rings. The monoisotopic (exact) mass is 169 g/mol. The van der Waals surface area contributed by atoms with E-state index in [9.17, 15) is 4.79 Å². The summed E-state index contributed by atoms with van der Waals surface area (Å²) in [5.41, 5.74) is 0. The van der Waals surface area contributed by atoms with E-state index in [1.165, 1.54) is 0 Å². The first-order valence-corrected chi connectivity index (χ1v) is 4.43. The van der Waals surface area contributed by atoms with Crippen molar-refractivity contribution in [1.82, 2.24) is 5.32 Å². The molecule has 1 unspecified atom stereocenters. The van der Waals surface area contributed by atoms with E-state index in [4.69, 9.17) is 4.74 Å². The number of alkyl carbamates (subject to hydrolysis) is 1. The predicted octanol–water partition coefficient (Wildman–Crippen LogP) is 1.84. The van der Waals surface area contributed by atoms with Crippen molar-refractivity contribution in [2.75, 3.05) is 6.61 Å². The van der Waals surface area contributed by atoms with Gasteiger partial charge in [0.15, 0.2) is 0 Å². The first-order chi connectivity index (χ1) is 5.83. The van der Waals surface area contributed by atoms with Crippen LogP contribution in [-0.2, 0) is 4.74 Å². The van der Waals surface area contributed by atoms with Gasteiger partial charge in [-0.25, -0.2) is 4.79 Å². The lowest BCUT2D eigenvalue weighted by Crippen LogP contribution is -2.34. The zero-order valence-electron chi connectivity index (χ0n) is 7.38. The van der Waals surface area contributed by atoms with Crippen LogP contribution in [0.4, 0.5) is 4.79 Å². The highest BCUT2D eigenvalue weighted by atomic mass is 16.5. The van der Waals surface area contributed by atoms with Gasteiger partial charge in [0.1, 0.15) is 0 Å². The highest BCUT2D eigenvalue weighted by molar-refractivity contribution is 5.67. The second-order valence-electron chi connectivity index (χ2n) is 2.83. The molecule has 1 aliphatic carbocycles. The third kappa shape index (κ3) is 2.95. The summed E-state index contributed by atoms with van der Waals surface area (Å²) in [5, 5.41) is 2.77. The van der Waals surface area contributed by atoms with Gasteiger partial charge in [-0.3, -0.25) is 0 Å². The first-order valence-electron chi connectivity index (χ1n) is 4.43. The summed E-state index contributed by atoms with van der Waals surface area (Å²) in [5.74, 6) is 0. The van der Waals surface area contributed by atoms with Gasteiger partial charge < -0.3 is 10.1 Å². The van der Waals surface area contributed by atoms with Crippen LogP contribution in [0.3, 0.4) is 0 Å². The molecule has 1 aliphatic rings. The first kappa shape index (κ1) is 9.10. The molecule has 0 saturated heterocycles. The molecule has 0 spiro atoms. The molecule has 0 saturated carbocycles. The molecule has 0 heterocycles. The fraction of sp³-hybridized carbons (Fsp3) is 0.667. The molecule has 0 aliphatic heterocycles. The Morgan fingerprint density at radius 1 is 1.75 bits per heavy atom. The van der Waals surface area contributed by atoms with Crippen LogP contribution in [-0.4, -0.2) is 18.7 Å². The van der Waals surface area contributed by atoms with Gasteiger partial charge >= 0.3 is 6.09 Å². The molecule has 0 aromatic heterocycles. The molecule has 1 amide bonds. The molecule has 68 valence electrons. The largest absolute Gasteiger partial charge is 0.450 e. The zero-order chi connectivity index (χ0) is 8.81. The fourth-order valence-corrected chi connectivity index (χ4v) is 1.26. The molecule has 0 fully saturated rings. The van der Waals surface area contributed by atoms with Gasteiger partial charge in [-0.2, -0.15) is 0 Å². The lowest BCUT2D eigenvalue weighted by Gasteiger charge is -2.17. The molecular formula is C9H15NO2. The molecule has 1 rings (SSSR count). The number of hydrogen-bond donors (Lipinski definition) is 1. The van der Waals surface area contributed by atoms with Gasteiger partial charge in [0.25, 0.3) is 0 Å². The zero-order valence-corrected chi connectivity index (χ0v) is 7.38. The minimum Gasteiger partial charge on any atom is -0.450 e. The van der Waals surface area contributed by atoms with Gasteiger partial charge in [0.05, 0.1) is 12.6 Å². The number of carbonyl (C=O) groups is 1. The highest BCUT2D eigenvalue weighted by Gasteiger charge is 2.11. The third-order valence-electron chi connectivity index (χ3n) is 1.83. The van der Waals surface area contributed by atoms with Gasteiger partial charge in [0.2, 0.25) is 0 Å². The van der Waals surface area contributed by atoms with Crippen LogP contribution in [0, 0.1) is 0 Å². The Labute approximate surface area is 72.8 Å². The van der Waals surface area contributed by atoms with E-state index in [-0.39, 0.29) is 12.1 Å². The summed E-state index contributed by atoms with van der Waals surface area (Å²) in [7, 11) is 0. The number of carbonyl (C=O) groups excluding carboxylic acids is 1. The second-order valence-corrected chi connectivity index (χ2v) is 2.83. The van der Waals surface area contributed by atoms with Crippen LogP contribution in [0.25, 0.3) is 0 Å². The van der Waals surface area contributed by atoms with E-state index in [1.807, 2.05) is 6.08 Å². The summed E-state index contributed by atoms with van der Waals surface area (Å²) >= 11 is 0. The van der Waals surface area contributed by atoms with Crippen LogP contribution in [0.15, 0.2) is 12.2 Å². The summed E-state index contributed by atoms with van der Waals surface area (Å²) in [6, 6.07) is 0.179. The van der Waals surface area contributed by atoms with Gasteiger partial charge in [0, 0.05) is 0 Å². The Balaban J connectivity index is 2.25. The van der Waals surface area contributed by atoms with Crippen LogP contribution in [0.1, 0.15) is 26.2 Å². The Kier molecular flexibility index (Phi) is 3.64. The normalized spacial score (nSPS) is 21.9. The number of amides is 1. The number of rotatable bonds is 2. The van der Waals surface area contributed by atoms with Gasteiger partial charge in [-0.15, -0.1) is 0 Å². The van der Waals surface area contributed by atoms with Crippen molar-refractivity contribution in [2.45, 2.75) is 32.2 Å². The minimum atomic E-state index is -0.311. The Morgan fingerprint density at radius 3 is 3.17 bits per heavy atom. The maximum Gasteiger partial charge on any atom is 0.407 e. The van der Waals surface area contributed by atoms with Gasteiger partial charge in [-0.1, -0.05) is 12.2 Å². The highest BCUT2D eigenvalue weighted by Crippen LogP contribution is 2.09. The molecule has 0 aromatic carbocycles. The lowest BCUT2D eigenvalue weighted by molar-refractivity contribution is 0.149. The Hall–Kier alpha value is -0.990. The third-order valence-corrected chi connectivity index (χ3v) is 1.83. The van der Waals surface area contributed by atoms with Crippen molar-refractivity contribution in [3.8, 4) is 0 Å². The maximum absolute atomic E-state index is 10.9. The minimum absolute atomic E-state index is 0.179. The topological polar surface area (TPSA) is 38.3 Å². The molecule has 3 heteroatoms. The number of allylic oxidation sites excluding steroid dienone is 1. The summed E-state index contributed by atoms with van der Waals surface area (Å²) in [6.45, 7) is 2.23. The molecule has 0 radical (unpaired) electrons. The molecule has 1 atom stereocenters. The van der Waals surface area contributed by atoms with Crippen LogP contribution in [0.2, 0.25) is 0 Å². The SMILES string of the molecule is CCOC(=O)NC1C=CCCC1. The Morgan fingerprint density at radius 2 is 2.58 bits per heavy atom. The quantitative estimate of drug-likeness (QED) is 0.640. The van der Waals surface area contributed by atoms with Crippen LogP contribution in [0.5, 0.6) is 0 Å². The van der Waals surface area contributed by atoms with E-state index < -0.39 is 0 Å². The van der Waals surface area contributed by atoms with Crippen molar-refractivity contribution in [1.29, 1.82) is 0 Å².